The third-order valence-electron chi connectivity index (χ3n) is 1.01. The summed E-state index contributed by atoms with van der Waals surface area (Å²) >= 11 is 7.42. The summed E-state index contributed by atoms with van der Waals surface area (Å²) < 4.78 is 0.576. The van der Waals surface area contributed by atoms with E-state index in [1.54, 1.807) is 0 Å². The molecule has 0 atom stereocenters. The third kappa shape index (κ3) is 2.30. The lowest BCUT2D eigenvalue weighted by Gasteiger charge is -1.95. The molecular weight excluding hydrogens is 280 g/mol. The van der Waals surface area contributed by atoms with E-state index in [1.165, 1.54) is 12.1 Å². The Kier molecular flexibility index (Phi) is 2.67. The van der Waals surface area contributed by atoms with Crippen LogP contribution in [0.2, 0.25) is 5.15 Å². The molecule has 1 rings (SSSR count). The molecule has 0 saturated carbocycles. The van der Waals surface area contributed by atoms with E-state index >= 15 is 0 Å². The Bertz CT molecular complexity index is 282. The number of nitrogens with zero attached hydrogens (tertiary/aromatic N) is 1. The van der Waals surface area contributed by atoms with Gasteiger partial charge in [-0.1, -0.05) is 11.6 Å². The van der Waals surface area contributed by atoms with Crippen molar-refractivity contribution in [3.05, 3.63) is 26.5 Å². The molecule has 1 heterocycles. The minimum atomic E-state index is -0.993. The fourth-order valence-corrected chi connectivity index (χ4v) is 1.53. The molecule has 1 aromatic rings. The molecule has 0 aliphatic rings. The molecule has 0 amide bonds. The molecule has 0 aliphatic carbocycles. The minimum Gasteiger partial charge on any atom is -0.478 e. The van der Waals surface area contributed by atoms with Crippen LogP contribution in [0.15, 0.2) is 12.1 Å². The zero-order valence-corrected chi connectivity index (χ0v) is 8.13. The summed E-state index contributed by atoms with van der Waals surface area (Å²) in [5.41, 5.74) is 0.161. The smallest absolute Gasteiger partial charge is 0.335 e. The number of hydrogen-bond acceptors (Lipinski definition) is 2. The van der Waals surface area contributed by atoms with Crippen molar-refractivity contribution in [2.24, 2.45) is 0 Å². The van der Waals surface area contributed by atoms with Crippen molar-refractivity contribution in [3.8, 4) is 0 Å². The van der Waals surface area contributed by atoms with E-state index in [4.69, 9.17) is 16.7 Å². The maximum Gasteiger partial charge on any atom is 0.335 e. The minimum absolute atomic E-state index is 0.161. The van der Waals surface area contributed by atoms with Crippen molar-refractivity contribution in [3.63, 3.8) is 0 Å². The van der Waals surface area contributed by atoms with Crippen LogP contribution in [0.5, 0.6) is 0 Å². The zero-order valence-electron chi connectivity index (χ0n) is 5.21. The van der Waals surface area contributed by atoms with E-state index in [0.717, 1.165) is 0 Å². The molecule has 0 aliphatic heterocycles. The second-order valence-corrected chi connectivity index (χ2v) is 3.30. The summed E-state index contributed by atoms with van der Waals surface area (Å²) in [5, 5.41) is 8.75. The van der Waals surface area contributed by atoms with Crippen LogP contribution < -0.4 is 0 Å². The summed E-state index contributed by atoms with van der Waals surface area (Å²) in [5.74, 6) is -0.993. The Labute approximate surface area is 81.5 Å². The zero-order chi connectivity index (χ0) is 8.43. The maximum atomic E-state index is 10.4. The number of pyridine rings is 1. The molecule has 0 aromatic carbocycles. The molecule has 1 aromatic heterocycles. The van der Waals surface area contributed by atoms with Crippen LogP contribution in [-0.4, -0.2) is 16.1 Å². The summed E-state index contributed by atoms with van der Waals surface area (Å²) in [4.78, 5) is 14.2. The average Bonchev–Trinajstić information content (AvgIpc) is 1.85. The molecule has 0 unspecified atom stereocenters. The summed E-state index contributed by atoms with van der Waals surface area (Å²) in [6.45, 7) is 0. The van der Waals surface area contributed by atoms with E-state index in [0.29, 0.717) is 3.70 Å². The van der Waals surface area contributed by atoms with Gasteiger partial charge in [-0.15, -0.1) is 0 Å². The summed E-state index contributed by atoms with van der Waals surface area (Å²) in [6.07, 6.45) is 0. The standard InChI is InChI=1S/C6H3ClINO2/c7-4-1-3(6(10)11)2-5(8)9-4/h1-2H,(H,10,11). The maximum absolute atomic E-state index is 10.4. The SMILES string of the molecule is O=C(O)c1cc(Cl)nc(I)c1. The molecule has 0 radical (unpaired) electrons. The first-order chi connectivity index (χ1) is 5.09. The lowest BCUT2D eigenvalue weighted by molar-refractivity contribution is 0.0696. The van der Waals surface area contributed by atoms with Crippen LogP contribution in [0.25, 0.3) is 0 Å². The highest BCUT2D eigenvalue weighted by Gasteiger charge is 2.04. The fraction of sp³-hybridized carbons (Fsp3) is 0. The Hall–Kier alpha value is -0.360. The van der Waals surface area contributed by atoms with Gasteiger partial charge < -0.3 is 5.11 Å². The number of aromatic carboxylic acids is 1. The van der Waals surface area contributed by atoms with Gasteiger partial charge in [0.05, 0.1) is 5.56 Å². The van der Waals surface area contributed by atoms with Crippen LogP contribution in [0.1, 0.15) is 10.4 Å². The Morgan fingerprint density at radius 3 is 2.73 bits per heavy atom. The summed E-state index contributed by atoms with van der Waals surface area (Å²) in [6, 6.07) is 2.76. The Morgan fingerprint density at radius 1 is 1.64 bits per heavy atom. The van der Waals surface area contributed by atoms with Gasteiger partial charge in [0.15, 0.2) is 0 Å². The predicted molar refractivity (Wildman–Crippen MR) is 48.9 cm³/mol. The van der Waals surface area contributed by atoms with Crippen molar-refractivity contribution >= 4 is 40.2 Å². The van der Waals surface area contributed by atoms with Crippen LogP contribution in [0.3, 0.4) is 0 Å². The first-order valence-electron chi connectivity index (χ1n) is 2.66. The van der Waals surface area contributed by atoms with Gasteiger partial charge in [0.25, 0.3) is 0 Å². The average molecular weight is 283 g/mol. The number of rotatable bonds is 1. The normalized spacial score (nSPS) is 9.64. The Balaban J connectivity index is 3.19. The van der Waals surface area contributed by atoms with Crippen molar-refractivity contribution in [2.45, 2.75) is 0 Å². The van der Waals surface area contributed by atoms with Crippen molar-refractivity contribution in [2.75, 3.05) is 0 Å². The molecular formula is C6H3ClINO2. The predicted octanol–water partition coefficient (Wildman–Crippen LogP) is 2.04. The molecule has 11 heavy (non-hydrogen) atoms. The van der Waals surface area contributed by atoms with Gasteiger partial charge in [-0.3, -0.25) is 0 Å². The number of carbonyl (C=O) groups is 1. The number of carboxylic acids is 1. The second-order valence-electron chi connectivity index (χ2n) is 1.81. The van der Waals surface area contributed by atoms with Gasteiger partial charge in [-0.2, -0.15) is 0 Å². The molecule has 3 nitrogen and oxygen atoms in total. The fourth-order valence-electron chi connectivity index (χ4n) is 0.588. The highest BCUT2D eigenvalue weighted by molar-refractivity contribution is 14.1. The van der Waals surface area contributed by atoms with Crippen LogP contribution >= 0.6 is 34.2 Å². The van der Waals surface area contributed by atoms with Crippen molar-refractivity contribution < 1.29 is 9.90 Å². The van der Waals surface area contributed by atoms with E-state index in [9.17, 15) is 4.79 Å². The van der Waals surface area contributed by atoms with E-state index in [-0.39, 0.29) is 10.7 Å². The monoisotopic (exact) mass is 283 g/mol. The molecule has 0 bridgehead atoms. The number of carboxylic acid groups (broad SMARTS) is 1. The first kappa shape index (κ1) is 8.73. The topological polar surface area (TPSA) is 50.2 Å². The highest BCUT2D eigenvalue weighted by atomic mass is 127. The van der Waals surface area contributed by atoms with Crippen LogP contribution in [0.4, 0.5) is 0 Å². The van der Waals surface area contributed by atoms with Gasteiger partial charge in [-0.25, -0.2) is 9.78 Å². The number of halogens is 2. The van der Waals surface area contributed by atoms with Crippen molar-refractivity contribution in [1.82, 2.24) is 4.98 Å². The lowest BCUT2D eigenvalue weighted by atomic mass is 10.3. The van der Waals surface area contributed by atoms with E-state index in [2.05, 4.69) is 4.98 Å². The Morgan fingerprint density at radius 2 is 2.27 bits per heavy atom. The number of hydrogen-bond donors (Lipinski definition) is 1. The largest absolute Gasteiger partial charge is 0.478 e. The van der Waals surface area contributed by atoms with Gasteiger partial charge in [-0.05, 0) is 34.7 Å². The molecule has 0 saturated heterocycles. The molecule has 0 fully saturated rings. The molecule has 0 spiro atoms. The van der Waals surface area contributed by atoms with Gasteiger partial charge in [0.2, 0.25) is 0 Å². The van der Waals surface area contributed by atoms with E-state index < -0.39 is 5.97 Å². The van der Waals surface area contributed by atoms with Gasteiger partial charge >= 0.3 is 5.97 Å². The van der Waals surface area contributed by atoms with Crippen molar-refractivity contribution in [1.29, 1.82) is 0 Å². The lowest BCUT2D eigenvalue weighted by Crippen LogP contribution is -1.97. The molecule has 1 N–H and O–H groups in total. The quantitative estimate of drug-likeness (QED) is 0.634. The highest BCUT2D eigenvalue weighted by Crippen LogP contribution is 2.12. The molecule has 58 valence electrons. The van der Waals surface area contributed by atoms with E-state index in [1.807, 2.05) is 22.6 Å². The third-order valence-corrected chi connectivity index (χ3v) is 1.76. The van der Waals surface area contributed by atoms with Crippen LogP contribution in [0, 0.1) is 3.70 Å². The van der Waals surface area contributed by atoms with Crippen LogP contribution in [-0.2, 0) is 0 Å². The summed E-state index contributed by atoms with van der Waals surface area (Å²) in [7, 11) is 0. The van der Waals surface area contributed by atoms with Gasteiger partial charge in [0, 0.05) is 0 Å². The molecule has 5 heteroatoms. The van der Waals surface area contributed by atoms with Gasteiger partial charge in [0.1, 0.15) is 8.85 Å². The second kappa shape index (κ2) is 3.36. The first-order valence-corrected chi connectivity index (χ1v) is 4.11. The number of aromatic nitrogens is 1.